The van der Waals surface area contributed by atoms with E-state index >= 15 is 0 Å². The molecule has 0 spiro atoms. The molecule has 0 aliphatic carbocycles. The lowest BCUT2D eigenvalue weighted by Crippen LogP contribution is -2.47. The summed E-state index contributed by atoms with van der Waals surface area (Å²) in [5, 5.41) is 3.67. The monoisotopic (exact) mass is 529 g/mol. The lowest BCUT2D eigenvalue weighted by atomic mass is 10.1. The number of nitrogens with one attached hydrogen (secondary N) is 1. The summed E-state index contributed by atoms with van der Waals surface area (Å²) in [6.45, 7) is 0.464. The molecule has 0 unspecified atom stereocenters. The Bertz CT molecular complexity index is 1240. The lowest BCUT2D eigenvalue weighted by molar-refractivity contribution is -0.115. The first-order chi connectivity index (χ1) is 16.7. The van der Waals surface area contributed by atoms with E-state index in [0.717, 1.165) is 10.5 Å². The smallest absolute Gasteiger partial charge is 0.228 e. The van der Waals surface area contributed by atoms with Gasteiger partial charge >= 0.3 is 0 Å². The normalized spacial score (nSPS) is 13.8. The van der Waals surface area contributed by atoms with E-state index in [0.29, 0.717) is 21.4 Å². The van der Waals surface area contributed by atoms with Crippen molar-refractivity contribution in [3.05, 3.63) is 87.2 Å². The molecule has 0 radical (unpaired) electrons. The second-order valence-corrected chi connectivity index (χ2v) is 8.75. The third kappa shape index (κ3) is 5.31. The molecule has 0 saturated carbocycles. The molecule has 35 heavy (non-hydrogen) atoms. The first-order valence-corrected chi connectivity index (χ1v) is 11.3. The molecule has 3 aromatic rings. The number of halogens is 7. The highest BCUT2D eigenvalue weighted by molar-refractivity contribution is 6.33. The van der Waals surface area contributed by atoms with Crippen LogP contribution in [0.15, 0.2) is 42.5 Å². The molecular weight excluding hydrogens is 512 g/mol. The molecule has 184 valence electrons. The Hall–Kier alpha value is -3.04. The van der Waals surface area contributed by atoms with Crippen LogP contribution in [0.4, 0.5) is 39.0 Å². The van der Waals surface area contributed by atoms with Gasteiger partial charge in [-0.05, 0) is 35.9 Å². The molecule has 1 N–H and O–H groups in total. The maximum Gasteiger partial charge on any atom is 0.228 e. The molecule has 1 fully saturated rings. The van der Waals surface area contributed by atoms with Gasteiger partial charge in [0, 0.05) is 36.9 Å². The van der Waals surface area contributed by atoms with Crippen LogP contribution in [0, 0.1) is 29.1 Å². The lowest BCUT2D eigenvalue weighted by Gasteiger charge is -2.38. The highest BCUT2D eigenvalue weighted by atomic mass is 35.5. The quantitative estimate of drug-likeness (QED) is 0.243. The second kappa shape index (κ2) is 10.3. The number of benzene rings is 3. The van der Waals surface area contributed by atoms with Crippen molar-refractivity contribution in [2.75, 3.05) is 41.3 Å². The van der Waals surface area contributed by atoms with E-state index in [1.807, 2.05) is 4.90 Å². The summed E-state index contributed by atoms with van der Waals surface area (Å²) in [6.07, 6.45) is 0.149. The van der Waals surface area contributed by atoms with Crippen molar-refractivity contribution in [2.24, 2.45) is 0 Å². The Kier molecular flexibility index (Phi) is 7.37. The number of carbonyl (C=O) groups is 1. The maximum atomic E-state index is 14.1. The fourth-order valence-corrected chi connectivity index (χ4v) is 4.30. The van der Waals surface area contributed by atoms with Gasteiger partial charge in [0.05, 0.1) is 17.1 Å². The van der Waals surface area contributed by atoms with E-state index in [2.05, 4.69) is 5.32 Å². The van der Waals surface area contributed by atoms with Crippen molar-refractivity contribution >= 4 is 46.2 Å². The van der Waals surface area contributed by atoms with Crippen LogP contribution in [0.25, 0.3) is 0 Å². The van der Waals surface area contributed by atoms with Gasteiger partial charge in [-0.3, -0.25) is 4.79 Å². The summed E-state index contributed by atoms with van der Waals surface area (Å²) < 4.78 is 68.7. The van der Waals surface area contributed by atoms with Crippen molar-refractivity contribution in [2.45, 2.75) is 6.42 Å². The highest BCUT2D eigenvalue weighted by Crippen LogP contribution is 2.33. The molecule has 1 aliphatic heterocycles. The molecule has 1 aliphatic rings. The predicted octanol–water partition coefficient (Wildman–Crippen LogP) is 6.20. The standard InChI is InChI=1S/C24H18Cl2F5N3O/c25-14-3-1-13(2-4-14)11-18(35)32-15-5-6-17(16(26)12-15)33-7-9-34(10-8-33)24-22(30)20(28)19(27)21(29)23(24)31/h1-6,12H,7-11H2,(H,32,35). The van der Waals surface area contributed by atoms with E-state index in [9.17, 15) is 26.7 Å². The van der Waals surface area contributed by atoms with Gasteiger partial charge in [-0.1, -0.05) is 35.3 Å². The van der Waals surface area contributed by atoms with E-state index < -0.39 is 34.8 Å². The van der Waals surface area contributed by atoms with Crippen LogP contribution in [0.3, 0.4) is 0 Å². The first-order valence-electron chi connectivity index (χ1n) is 10.5. The van der Waals surface area contributed by atoms with Gasteiger partial charge in [0.15, 0.2) is 23.3 Å². The van der Waals surface area contributed by atoms with Gasteiger partial charge in [-0.25, -0.2) is 22.0 Å². The summed E-state index contributed by atoms with van der Waals surface area (Å²) >= 11 is 12.3. The molecule has 1 heterocycles. The molecule has 3 aromatic carbocycles. The highest BCUT2D eigenvalue weighted by Gasteiger charge is 2.31. The fourth-order valence-electron chi connectivity index (χ4n) is 3.88. The summed E-state index contributed by atoms with van der Waals surface area (Å²) in [6, 6.07) is 11.8. The fraction of sp³-hybridized carbons (Fsp3) is 0.208. The number of rotatable bonds is 5. The van der Waals surface area contributed by atoms with Crippen LogP contribution in [0.1, 0.15) is 5.56 Å². The Morgan fingerprint density at radius 1 is 0.771 bits per heavy atom. The summed E-state index contributed by atoms with van der Waals surface area (Å²) in [5.74, 6) is -10.1. The average molecular weight is 530 g/mol. The molecule has 1 saturated heterocycles. The molecule has 1 amide bonds. The second-order valence-electron chi connectivity index (χ2n) is 7.91. The van der Waals surface area contributed by atoms with Crippen molar-refractivity contribution in [1.29, 1.82) is 0 Å². The predicted molar refractivity (Wildman–Crippen MR) is 126 cm³/mol. The van der Waals surface area contributed by atoms with Gasteiger partial charge in [-0.15, -0.1) is 0 Å². The van der Waals surface area contributed by atoms with Crippen LogP contribution < -0.4 is 15.1 Å². The van der Waals surface area contributed by atoms with E-state index in [-0.39, 0.29) is 38.5 Å². The third-order valence-electron chi connectivity index (χ3n) is 5.63. The number of piperazine rings is 1. The Morgan fingerprint density at radius 2 is 1.31 bits per heavy atom. The van der Waals surface area contributed by atoms with Crippen LogP contribution >= 0.6 is 23.2 Å². The van der Waals surface area contributed by atoms with Crippen LogP contribution in [-0.2, 0) is 11.2 Å². The largest absolute Gasteiger partial charge is 0.367 e. The topological polar surface area (TPSA) is 35.6 Å². The van der Waals surface area contributed by atoms with E-state index in [4.69, 9.17) is 23.2 Å². The zero-order valence-electron chi connectivity index (χ0n) is 18.0. The third-order valence-corrected chi connectivity index (χ3v) is 6.19. The van der Waals surface area contributed by atoms with Crippen LogP contribution in [0.2, 0.25) is 10.0 Å². The Balaban J connectivity index is 1.41. The van der Waals surface area contributed by atoms with E-state index in [1.165, 1.54) is 0 Å². The van der Waals surface area contributed by atoms with Crippen molar-refractivity contribution in [3.63, 3.8) is 0 Å². The van der Waals surface area contributed by atoms with Crippen LogP contribution in [0.5, 0.6) is 0 Å². The van der Waals surface area contributed by atoms with Gasteiger partial charge in [0.25, 0.3) is 0 Å². The summed E-state index contributed by atoms with van der Waals surface area (Å²) in [7, 11) is 0. The average Bonchev–Trinajstić information content (AvgIpc) is 2.84. The van der Waals surface area contributed by atoms with Gasteiger partial charge < -0.3 is 15.1 Å². The Morgan fingerprint density at radius 3 is 1.89 bits per heavy atom. The first kappa shape index (κ1) is 25.1. The molecular formula is C24H18Cl2F5N3O. The Labute approximate surface area is 207 Å². The SMILES string of the molecule is O=C(Cc1ccc(Cl)cc1)Nc1ccc(N2CCN(c3c(F)c(F)c(F)c(F)c3F)CC2)c(Cl)c1. The van der Waals surface area contributed by atoms with Crippen LogP contribution in [-0.4, -0.2) is 32.1 Å². The van der Waals surface area contributed by atoms with Crippen molar-refractivity contribution < 1.29 is 26.7 Å². The number of hydrogen-bond acceptors (Lipinski definition) is 3. The molecule has 4 nitrogen and oxygen atoms in total. The molecule has 11 heteroatoms. The minimum atomic E-state index is -2.19. The number of nitrogens with zero attached hydrogens (tertiary/aromatic N) is 2. The molecule has 0 aromatic heterocycles. The summed E-state index contributed by atoms with van der Waals surface area (Å²) in [5.41, 5.74) is 0.948. The molecule has 4 rings (SSSR count). The molecule has 0 atom stereocenters. The minimum Gasteiger partial charge on any atom is -0.367 e. The van der Waals surface area contributed by atoms with Crippen molar-refractivity contribution in [1.82, 2.24) is 0 Å². The van der Waals surface area contributed by atoms with Gasteiger partial charge in [0.2, 0.25) is 11.7 Å². The molecule has 0 bridgehead atoms. The number of anilines is 3. The number of amides is 1. The van der Waals surface area contributed by atoms with Gasteiger partial charge in [0.1, 0.15) is 5.69 Å². The number of carbonyl (C=O) groups excluding carboxylic acids is 1. The van der Waals surface area contributed by atoms with Crippen molar-refractivity contribution in [3.8, 4) is 0 Å². The van der Waals surface area contributed by atoms with E-state index in [1.54, 1.807) is 42.5 Å². The zero-order valence-corrected chi connectivity index (χ0v) is 19.5. The zero-order chi connectivity index (χ0) is 25.3. The maximum absolute atomic E-state index is 14.1. The minimum absolute atomic E-state index is 0.00820. The number of hydrogen-bond donors (Lipinski definition) is 1. The van der Waals surface area contributed by atoms with Gasteiger partial charge in [-0.2, -0.15) is 0 Å². The summed E-state index contributed by atoms with van der Waals surface area (Å²) in [4.78, 5) is 15.3.